The van der Waals surface area contributed by atoms with E-state index in [2.05, 4.69) is 50.4 Å². The lowest BCUT2D eigenvalue weighted by Gasteiger charge is -2.24. The molecule has 0 radical (unpaired) electrons. The summed E-state index contributed by atoms with van der Waals surface area (Å²) in [6.45, 7) is 6.49. The molecule has 0 bridgehead atoms. The van der Waals surface area contributed by atoms with Gasteiger partial charge < -0.3 is 20.3 Å². The lowest BCUT2D eigenvalue weighted by molar-refractivity contribution is -0.151. The number of hydrogen-bond donors (Lipinski definition) is 3. The van der Waals surface area contributed by atoms with Crippen molar-refractivity contribution in [3.8, 4) is 0 Å². The van der Waals surface area contributed by atoms with Gasteiger partial charge in [-0.2, -0.15) is 0 Å². The maximum atomic E-state index is 13.3. The number of nitrogens with one attached hydrogen (secondary N) is 1. The quantitative estimate of drug-likeness (QED) is 0.0321. The number of hydrogen-bond acceptors (Lipinski definition) is 5. The molecule has 0 aromatic carbocycles. The summed E-state index contributed by atoms with van der Waals surface area (Å²) < 4.78 is 5.95. The van der Waals surface area contributed by atoms with Gasteiger partial charge in [-0.05, 0) is 51.4 Å². The van der Waals surface area contributed by atoms with E-state index in [1.807, 2.05) is 0 Å². The molecule has 3 unspecified atom stereocenters. The van der Waals surface area contributed by atoms with Crippen molar-refractivity contribution in [2.75, 3.05) is 6.61 Å². The second-order valence-corrected chi connectivity index (χ2v) is 20.1. The van der Waals surface area contributed by atoms with Crippen LogP contribution in [-0.4, -0.2) is 46.9 Å². The largest absolute Gasteiger partial charge is 0.462 e. The molecule has 0 aromatic heterocycles. The second kappa shape index (κ2) is 53.3. The summed E-state index contributed by atoms with van der Waals surface area (Å²) in [5.41, 5.74) is 0. The predicted octanol–water partition coefficient (Wildman–Crippen LogP) is 17.9. The fraction of sp³-hybridized carbons (Fsp3) is 0.898. The molecule has 6 nitrogen and oxygen atoms in total. The first-order valence-corrected chi connectivity index (χ1v) is 29.1. The van der Waals surface area contributed by atoms with Gasteiger partial charge in [-0.3, -0.25) is 9.59 Å². The molecule has 0 aliphatic heterocycles. The SMILES string of the molecule is CCCCC/C=C/C=C/CCCCCCC(CC(=O)NC(CO)C(O)CCCCCCCCCCCCCCCCCC)OC(=O)CCCCCCCCCCCCCCCCCCC. The van der Waals surface area contributed by atoms with Crippen molar-refractivity contribution in [3.63, 3.8) is 0 Å². The van der Waals surface area contributed by atoms with E-state index in [4.69, 9.17) is 4.74 Å². The van der Waals surface area contributed by atoms with E-state index in [1.54, 1.807) is 0 Å². The van der Waals surface area contributed by atoms with Gasteiger partial charge in [0.15, 0.2) is 0 Å². The first kappa shape index (κ1) is 63.3. The molecule has 0 spiro atoms. The van der Waals surface area contributed by atoms with Crippen LogP contribution in [-0.2, 0) is 14.3 Å². The third-order valence-corrected chi connectivity index (χ3v) is 13.6. The van der Waals surface area contributed by atoms with Crippen LogP contribution in [0.4, 0.5) is 0 Å². The van der Waals surface area contributed by atoms with E-state index in [-0.39, 0.29) is 24.9 Å². The Hall–Kier alpha value is -1.66. The Balaban J connectivity index is 4.49. The summed E-state index contributed by atoms with van der Waals surface area (Å²) in [4.78, 5) is 26.3. The normalized spacial score (nSPS) is 13.2. The minimum absolute atomic E-state index is 0.0698. The van der Waals surface area contributed by atoms with Gasteiger partial charge in [0.2, 0.25) is 5.91 Å². The van der Waals surface area contributed by atoms with Gasteiger partial charge in [0.1, 0.15) is 6.10 Å². The van der Waals surface area contributed by atoms with Crippen molar-refractivity contribution < 1.29 is 24.5 Å². The van der Waals surface area contributed by atoms with Gasteiger partial charge in [-0.1, -0.05) is 276 Å². The average molecular weight is 917 g/mol. The lowest BCUT2D eigenvalue weighted by Crippen LogP contribution is -2.46. The number of aliphatic hydroxyl groups is 2. The summed E-state index contributed by atoms with van der Waals surface area (Å²) in [6, 6.07) is -0.704. The van der Waals surface area contributed by atoms with E-state index in [0.29, 0.717) is 19.3 Å². The molecular formula is C59H113NO5. The molecule has 384 valence electrons. The highest BCUT2D eigenvalue weighted by Crippen LogP contribution is 2.19. The molecule has 6 heteroatoms. The summed E-state index contributed by atoms with van der Waals surface area (Å²) in [6.07, 6.45) is 62.4. The van der Waals surface area contributed by atoms with Crippen molar-refractivity contribution in [3.05, 3.63) is 24.3 Å². The van der Waals surface area contributed by atoms with Crippen molar-refractivity contribution >= 4 is 11.9 Å². The second-order valence-electron chi connectivity index (χ2n) is 20.1. The van der Waals surface area contributed by atoms with Crippen molar-refractivity contribution in [1.82, 2.24) is 5.32 Å². The first-order chi connectivity index (χ1) is 32.0. The van der Waals surface area contributed by atoms with Crippen LogP contribution in [0.3, 0.4) is 0 Å². The number of aliphatic hydroxyl groups excluding tert-OH is 2. The van der Waals surface area contributed by atoms with Crippen LogP contribution in [0.25, 0.3) is 0 Å². The van der Waals surface area contributed by atoms with Gasteiger partial charge in [-0.25, -0.2) is 0 Å². The Morgan fingerprint density at radius 1 is 0.446 bits per heavy atom. The fourth-order valence-electron chi connectivity index (χ4n) is 9.13. The standard InChI is InChI=1S/C59H113NO5/c1-4-7-10-13-16-19-22-25-27-29-31-34-37-40-43-46-49-52-59(64)65-55(50-47-44-41-38-35-32-24-21-18-15-12-9-6-3)53-58(63)60-56(54-61)57(62)51-48-45-42-39-36-33-30-28-26-23-20-17-14-11-8-5-2/h18,21,24,32,55-57,61-62H,4-17,19-20,22-23,25-31,33-54H2,1-3H3,(H,60,63)/b21-18+,32-24+. The van der Waals surface area contributed by atoms with Crippen molar-refractivity contribution in [1.29, 1.82) is 0 Å². The Morgan fingerprint density at radius 2 is 0.769 bits per heavy atom. The van der Waals surface area contributed by atoms with Crippen LogP contribution in [0, 0.1) is 0 Å². The minimum atomic E-state index is -0.790. The van der Waals surface area contributed by atoms with Gasteiger partial charge in [0, 0.05) is 6.42 Å². The Kier molecular flexibility index (Phi) is 51.9. The van der Waals surface area contributed by atoms with Crippen LogP contribution in [0.15, 0.2) is 24.3 Å². The number of ether oxygens (including phenoxy) is 1. The van der Waals surface area contributed by atoms with Gasteiger partial charge in [0.25, 0.3) is 0 Å². The highest BCUT2D eigenvalue weighted by Gasteiger charge is 2.24. The molecule has 3 atom stereocenters. The highest BCUT2D eigenvalue weighted by molar-refractivity contribution is 5.77. The van der Waals surface area contributed by atoms with Crippen LogP contribution >= 0.6 is 0 Å². The number of rotatable bonds is 53. The number of amides is 1. The summed E-state index contributed by atoms with van der Waals surface area (Å²) >= 11 is 0. The maximum Gasteiger partial charge on any atom is 0.306 e. The zero-order chi connectivity index (χ0) is 47.4. The van der Waals surface area contributed by atoms with Crippen LogP contribution in [0.1, 0.15) is 316 Å². The van der Waals surface area contributed by atoms with E-state index < -0.39 is 18.2 Å². The van der Waals surface area contributed by atoms with E-state index in [1.165, 1.54) is 199 Å². The van der Waals surface area contributed by atoms with Crippen LogP contribution in [0.2, 0.25) is 0 Å². The maximum absolute atomic E-state index is 13.3. The van der Waals surface area contributed by atoms with Gasteiger partial charge in [0.05, 0.1) is 25.2 Å². The van der Waals surface area contributed by atoms with Crippen LogP contribution < -0.4 is 5.32 Å². The zero-order valence-corrected chi connectivity index (χ0v) is 43.9. The topological polar surface area (TPSA) is 95.9 Å². The van der Waals surface area contributed by atoms with Crippen molar-refractivity contribution in [2.24, 2.45) is 0 Å². The molecule has 0 saturated heterocycles. The number of unbranched alkanes of at least 4 members (excludes halogenated alkanes) is 38. The molecule has 0 aromatic rings. The molecule has 65 heavy (non-hydrogen) atoms. The molecule has 1 amide bonds. The Bertz CT molecular complexity index is 1030. The Morgan fingerprint density at radius 3 is 1.17 bits per heavy atom. The average Bonchev–Trinajstić information content (AvgIpc) is 3.30. The minimum Gasteiger partial charge on any atom is -0.462 e. The monoisotopic (exact) mass is 916 g/mol. The zero-order valence-electron chi connectivity index (χ0n) is 43.9. The fourth-order valence-corrected chi connectivity index (χ4v) is 9.13. The predicted molar refractivity (Wildman–Crippen MR) is 283 cm³/mol. The molecule has 3 N–H and O–H groups in total. The van der Waals surface area contributed by atoms with Crippen molar-refractivity contribution in [2.45, 2.75) is 334 Å². The summed E-state index contributed by atoms with van der Waals surface area (Å²) in [7, 11) is 0. The van der Waals surface area contributed by atoms with Gasteiger partial charge in [-0.15, -0.1) is 0 Å². The number of esters is 1. The molecule has 0 aliphatic rings. The molecule has 0 rings (SSSR count). The van der Waals surface area contributed by atoms with E-state index in [9.17, 15) is 19.8 Å². The van der Waals surface area contributed by atoms with E-state index >= 15 is 0 Å². The first-order valence-electron chi connectivity index (χ1n) is 29.1. The molecular weight excluding hydrogens is 803 g/mol. The summed E-state index contributed by atoms with van der Waals surface area (Å²) in [5.74, 6) is -0.475. The molecule has 0 heterocycles. The Labute approximate surface area is 405 Å². The molecule has 0 aliphatic carbocycles. The van der Waals surface area contributed by atoms with E-state index in [0.717, 1.165) is 70.6 Å². The third kappa shape index (κ3) is 48.6. The van der Waals surface area contributed by atoms with Gasteiger partial charge >= 0.3 is 5.97 Å². The highest BCUT2D eigenvalue weighted by atomic mass is 16.5. The smallest absolute Gasteiger partial charge is 0.306 e. The molecule has 0 saturated carbocycles. The number of carbonyl (C=O) groups is 2. The number of allylic oxidation sites excluding steroid dienone is 4. The molecule has 0 fully saturated rings. The number of carbonyl (C=O) groups excluding carboxylic acids is 2. The third-order valence-electron chi connectivity index (χ3n) is 13.6. The lowest BCUT2D eigenvalue weighted by atomic mass is 10.0. The van der Waals surface area contributed by atoms with Crippen LogP contribution in [0.5, 0.6) is 0 Å². The summed E-state index contributed by atoms with van der Waals surface area (Å²) in [5, 5.41) is 23.9.